The fraction of sp³-hybridized carbons (Fsp3) is 0.278. The Morgan fingerprint density at radius 1 is 1.11 bits per heavy atom. The fourth-order valence-corrected chi connectivity index (χ4v) is 3.74. The van der Waals surface area contributed by atoms with Gasteiger partial charge in [-0.1, -0.05) is 0 Å². The Morgan fingerprint density at radius 3 is 2.57 bits per heavy atom. The molecule has 3 rings (SSSR count). The van der Waals surface area contributed by atoms with Gasteiger partial charge in [0.25, 0.3) is 0 Å². The molecule has 10 heteroatoms. The highest BCUT2D eigenvalue weighted by Gasteiger charge is 2.12. The molecule has 0 atom stereocenters. The van der Waals surface area contributed by atoms with Gasteiger partial charge in [0, 0.05) is 17.0 Å². The number of ether oxygens (including phenoxy) is 1. The van der Waals surface area contributed by atoms with E-state index >= 15 is 0 Å². The molecule has 0 saturated carbocycles. The van der Waals surface area contributed by atoms with E-state index < -0.39 is 0 Å². The van der Waals surface area contributed by atoms with Crippen molar-refractivity contribution in [3.63, 3.8) is 0 Å². The van der Waals surface area contributed by atoms with E-state index in [1.807, 2.05) is 24.4 Å². The zero-order valence-electron chi connectivity index (χ0n) is 15.4. The summed E-state index contributed by atoms with van der Waals surface area (Å²) in [5.41, 5.74) is 2.32. The van der Waals surface area contributed by atoms with Crippen LogP contribution in [0.1, 0.15) is 23.9 Å². The van der Waals surface area contributed by atoms with Crippen LogP contribution in [0, 0.1) is 6.92 Å². The average Bonchev–Trinajstić information content (AvgIpc) is 3.24. The molecule has 0 aliphatic heterocycles. The van der Waals surface area contributed by atoms with E-state index in [1.165, 1.54) is 22.7 Å². The van der Waals surface area contributed by atoms with Gasteiger partial charge >= 0.3 is 5.97 Å². The lowest BCUT2D eigenvalue weighted by molar-refractivity contribution is -0.142. The minimum absolute atomic E-state index is 0.0916. The van der Waals surface area contributed by atoms with Crippen LogP contribution in [-0.4, -0.2) is 33.4 Å². The number of anilines is 3. The highest BCUT2D eigenvalue weighted by molar-refractivity contribution is 7.14. The van der Waals surface area contributed by atoms with Gasteiger partial charge in [-0.25, -0.2) is 15.0 Å². The van der Waals surface area contributed by atoms with Crippen LogP contribution >= 0.6 is 22.7 Å². The summed E-state index contributed by atoms with van der Waals surface area (Å²) in [6, 6.07) is 3.84. The molecule has 0 spiro atoms. The van der Waals surface area contributed by atoms with Crippen molar-refractivity contribution in [1.82, 2.24) is 15.0 Å². The standard InChI is InChI=1S/C18H19N5O3S2/c1-3-26-16(25)8-13-10-28-18(21-13)23-15(24)7-12-9-27-17(20-12)22-14-6-11(2)4-5-19-14/h4-6,9-10H,3,7-8H2,1-2H3,(H,19,20,22)(H,21,23,24). The molecule has 0 radical (unpaired) electrons. The summed E-state index contributed by atoms with van der Waals surface area (Å²) < 4.78 is 4.89. The number of rotatable bonds is 8. The molecule has 0 fully saturated rings. The highest BCUT2D eigenvalue weighted by Crippen LogP contribution is 2.21. The van der Waals surface area contributed by atoms with Crippen LogP contribution in [0.25, 0.3) is 0 Å². The van der Waals surface area contributed by atoms with E-state index in [9.17, 15) is 9.59 Å². The first-order valence-electron chi connectivity index (χ1n) is 8.55. The predicted octanol–water partition coefficient (Wildman–Crippen LogP) is 3.33. The highest BCUT2D eigenvalue weighted by atomic mass is 32.1. The van der Waals surface area contributed by atoms with Gasteiger partial charge in [0.05, 0.1) is 30.8 Å². The number of nitrogens with one attached hydrogen (secondary N) is 2. The summed E-state index contributed by atoms with van der Waals surface area (Å²) in [5.74, 6) is 0.154. The molecule has 1 amide bonds. The van der Waals surface area contributed by atoms with Crippen molar-refractivity contribution in [2.75, 3.05) is 17.2 Å². The van der Waals surface area contributed by atoms with Crippen LogP contribution in [0.5, 0.6) is 0 Å². The second-order valence-electron chi connectivity index (χ2n) is 5.84. The lowest BCUT2D eigenvalue weighted by Crippen LogP contribution is -2.14. The molecule has 0 aromatic carbocycles. The number of amides is 1. The van der Waals surface area contributed by atoms with Crippen LogP contribution in [0.15, 0.2) is 29.1 Å². The first kappa shape index (κ1) is 19.9. The molecule has 146 valence electrons. The van der Waals surface area contributed by atoms with Crippen molar-refractivity contribution in [1.29, 1.82) is 0 Å². The van der Waals surface area contributed by atoms with E-state index in [2.05, 4.69) is 25.6 Å². The fourth-order valence-electron chi connectivity index (χ4n) is 2.29. The van der Waals surface area contributed by atoms with Gasteiger partial charge in [0.1, 0.15) is 5.82 Å². The second kappa shape index (κ2) is 9.38. The largest absolute Gasteiger partial charge is 0.466 e. The van der Waals surface area contributed by atoms with E-state index in [-0.39, 0.29) is 24.7 Å². The van der Waals surface area contributed by atoms with Crippen molar-refractivity contribution in [2.24, 2.45) is 0 Å². The second-order valence-corrected chi connectivity index (χ2v) is 7.55. The molecule has 28 heavy (non-hydrogen) atoms. The van der Waals surface area contributed by atoms with E-state index in [4.69, 9.17) is 4.74 Å². The smallest absolute Gasteiger partial charge is 0.311 e. The number of hydrogen-bond donors (Lipinski definition) is 2. The topological polar surface area (TPSA) is 106 Å². The molecule has 8 nitrogen and oxygen atoms in total. The summed E-state index contributed by atoms with van der Waals surface area (Å²) >= 11 is 2.68. The molecule has 0 saturated heterocycles. The Balaban J connectivity index is 1.52. The van der Waals surface area contributed by atoms with E-state index in [0.717, 1.165) is 5.56 Å². The Hall–Kier alpha value is -2.85. The summed E-state index contributed by atoms with van der Waals surface area (Å²) in [7, 11) is 0. The molecular weight excluding hydrogens is 398 g/mol. The van der Waals surface area contributed by atoms with Crippen molar-refractivity contribution < 1.29 is 14.3 Å². The maximum Gasteiger partial charge on any atom is 0.311 e. The van der Waals surface area contributed by atoms with Crippen molar-refractivity contribution in [3.05, 3.63) is 46.0 Å². The first-order chi connectivity index (χ1) is 13.5. The van der Waals surface area contributed by atoms with Crippen LogP contribution in [0.2, 0.25) is 0 Å². The summed E-state index contributed by atoms with van der Waals surface area (Å²) in [4.78, 5) is 36.6. The number of aryl methyl sites for hydroxylation is 1. The van der Waals surface area contributed by atoms with Crippen molar-refractivity contribution in [3.8, 4) is 0 Å². The molecule has 0 aliphatic carbocycles. The lowest BCUT2D eigenvalue weighted by Gasteiger charge is -2.02. The Labute approximate surface area is 170 Å². The van der Waals surface area contributed by atoms with Crippen LogP contribution < -0.4 is 10.6 Å². The van der Waals surface area contributed by atoms with Gasteiger partial charge in [0.2, 0.25) is 5.91 Å². The number of pyridine rings is 1. The molecule has 3 heterocycles. The molecule has 3 aromatic rings. The SMILES string of the molecule is CCOC(=O)Cc1csc(NC(=O)Cc2csc(Nc3cc(C)ccn3)n2)n1. The van der Waals surface area contributed by atoms with Crippen LogP contribution in [-0.2, 0) is 27.2 Å². The normalized spacial score (nSPS) is 10.5. The van der Waals surface area contributed by atoms with E-state index in [1.54, 1.807) is 18.5 Å². The monoisotopic (exact) mass is 417 g/mol. The van der Waals surface area contributed by atoms with Gasteiger partial charge in [-0.2, -0.15) is 0 Å². The van der Waals surface area contributed by atoms with Gasteiger partial charge in [-0.05, 0) is 31.5 Å². The quantitative estimate of drug-likeness (QED) is 0.542. The van der Waals surface area contributed by atoms with Gasteiger partial charge in [-0.15, -0.1) is 22.7 Å². The Bertz CT molecular complexity index is 970. The number of nitrogens with zero attached hydrogens (tertiary/aromatic N) is 3. The molecule has 0 bridgehead atoms. The summed E-state index contributed by atoms with van der Waals surface area (Å²) in [6.45, 7) is 4.07. The first-order valence-corrected chi connectivity index (χ1v) is 10.3. The van der Waals surface area contributed by atoms with Crippen LogP contribution in [0.4, 0.5) is 16.1 Å². The summed E-state index contributed by atoms with van der Waals surface area (Å²) in [5, 5.41) is 10.5. The number of esters is 1. The molecule has 3 aromatic heterocycles. The van der Waals surface area contributed by atoms with Crippen molar-refractivity contribution >= 4 is 50.6 Å². The molecular formula is C18H19N5O3S2. The summed E-state index contributed by atoms with van der Waals surface area (Å²) in [6.07, 6.45) is 1.95. The van der Waals surface area contributed by atoms with Crippen molar-refractivity contribution in [2.45, 2.75) is 26.7 Å². The van der Waals surface area contributed by atoms with Gasteiger partial charge < -0.3 is 15.4 Å². The number of aromatic nitrogens is 3. The predicted molar refractivity (Wildman–Crippen MR) is 109 cm³/mol. The molecule has 0 aliphatic rings. The Kier molecular flexibility index (Phi) is 6.66. The minimum Gasteiger partial charge on any atom is -0.466 e. The van der Waals surface area contributed by atoms with Crippen LogP contribution in [0.3, 0.4) is 0 Å². The third-order valence-electron chi connectivity index (χ3n) is 3.47. The Morgan fingerprint density at radius 2 is 1.82 bits per heavy atom. The third-order valence-corrected chi connectivity index (χ3v) is 5.09. The number of hydrogen-bond acceptors (Lipinski definition) is 9. The zero-order valence-corrected chi connectivity index (χ0v) is 17.0. The maximum atomic E-state index is 12.2. The zero-order chi connectivity index (χ0) is 19.9. The minimum atomic E-state index is -0.337. The third kappa shape index (κ3) is 5.83. The van der Waals surface area contributed by atoms with E-state index in [0.29, 0.717) is 34.1 Å². The average molecular weight is 418 g/mol. The number of carbonyl (C=O) groups is 2. The maximum absolute atomic E-state index is 12.2. The number of thiazole rings is 2. The van der Waals surface area contributed by atoms with Gasteiger partial charge in [0.15, 0.2) is 10.3 Å². The molecule has 0 unspecified atom stereocenters. The van der Waals surface area contributed by atoms with Gasteiger partial charge in [-0.3, -0.25) is 9.59 Å². The number of carbonyl (C=O) groups excluding carboxylic acids is 2. The lowest BCUT2D eigenvalue weighted by atomic mass is 10.3. The molecule has 2 N–H and O–H groups in total.